The van der Waals surface area contributed by atoms with E-state index in [9.17, 15) is 4.79 Å². The number of rotatable bonds is 3. The van der Waals surface area contributed by atoms with E-state index in [1.165, 1.54) is 12.8 Å². The third kappa shape index (κ3) is 3.35. The van der Waals surface area contributed by atoms with Gasteiger partial charge in [0.15, 0.2) is 0 Å². The molecule has 0 bridgehead atoms. The Morgan fingerprint density at radius 1 is 1.32 bits per heavy atom. The van der Waals surface area contributed by atoms with Gasteiger partial charge in [-0.1, -0.05) is 19.8 Å². The van der Waals surface area contributed by atoms with Crippen LogP contribution in [0.3, 0.4) is 0 Å². The fraction of sp³-hybridized carbons (Fsp3) is 0.500. The van der Waals surface area contributed by atoms with Gasteiger partial charge in [0.25, 0.3) is 5.91 Å². The van der Waals surface area contributed by atoms with Crippen molar-refractivity contribution in [3.05, 3.63) is 35.4 Å². The Balaban J connectivity index is 1.95. The summed E-state index contributed by atoms with van der Waals surface area (Å²) >= 11 is 0. The Kier molecular flexibility index (Phi) is 4.57. The summed E-state index contributed by atoms with van der Waals surface area (Å²) in [7, 11) is 0. The number of carbonyl (C=O) groups is 1. The number of likely N-dealkylation sites (tertiary alicyclic amines) is 1. The maximum Gasteiger partial charge on any atom is 0.253 e. The molecule has 1 aromatic carbocycles. The first-order valence-corrected chi connectivity index (χ1v) is 7.04. The summed E-state index contributed by atoms with van der Waals surface area (Å²) in [5.41, 5.74) is 1.28. The number of nitriles is 1. The lowest BCUT2D eigenvalue weighted by Gasteiger charge is -2.32. The smallest absolute Gasteiger partial charge is 0.253 e. The third-order valence-electron chi connectivity index (χ3n) is 3.86. The lowest BCUT2D eigenvalue weighted by atomic mass is 9.92. The maximum absolute atomic E-state index is 12.3. The molecule has 3 nitrogen and oxygen atoms in total. The van der Waals surface area contributed by atoms with Crippen molar-refractivity contribution in [1.82, 2.24) is 4.90 Å². The monoisotopic (exact) mass is 256 g/mol. The zero-order valence-electron chi connectivity index (χ0n) is 11.4. The van der Waals surface area contributed by atoms with Gasteiger partial charge in [0, 0.05) is 18.7 Å². The molecule has 0 saturated carbocycles. The molecule has 1 saturated heterocycles. The Morgan fingerprint density at radius 2 is 1.95 bits per heavy atom. The van der Waals surface area contributed by atoms with Crippen LogP contribution >= 0.6 is 0 Å². The number of benzene rings is 1. The SMILES string of the molecule is CCCC1CCN(C(=O)c2ccc(C#N)cc2)CC1. The zero-order chi connectivity index (χ0) is 13.7. The van der Waals surface area contributed by atoms with E-state index in [4.69, 9.17) is 5.26 Å². The van der Waals surface area contributed by atoms with E-state index in [-0.39, 0.29) is 5.91 Å². The molecular weight excluding hydrogens is 236 g/mol. The highest BCUT2D eigenvalue weighted by atomic mass is 16.2. The van der Waals surface area contributed by atoms with Gasteiger partial charge in [-0.05, 0) is 43.0 Å². The van der Waals surface area contributed by atoms with Crippen molar-refractivity contribution in [1.29, 1.82) is 5.26 Å². The van der Waals surface area contributed by atoms with Crippen molar-refractivity contribution >= 4 is 5.91 Å². The molecule has 100 valence electrons. The Labute approximate surface area is 114 Å². The molecule has 0 radical (unpaired) electrons. The molecule has 1 heterocycles. The summed E-state index contributed by atoms with van der Waals surface area (Å²) in [5.74, 6) is 0.884. The first-order valence-electron chi connectivity index (χ1n) is 7.04. The molecule has 19 heavy (non-hydrogen) atoms. The van der Waals surface area contributed by atoms with Gasteiger partial charge in [-0.3, -0.25) is 4.79 Å². The highest BCUT2D eigenvalue weighted by Crippen LogP contribution is 2.22. The molecule has 3 heteroatoms. The molecule has 1 amide bonds. The summed E-state index contributed by atoms with van der Waals surface area (Å²) in [6.07, 6.45) is 4.75. The lowest BCUT2D eigenvalue weighted by Crippen LogP contribution is -2.38. The number of piperidine rings is 1. The lowest BCUT2D eigenvalue weighted by molar-refractivity contribution is 0.0686. The zero-order valence-corrected chi connectivity index (χ0v) is 11.4. The number of amides is 1. The van der Waals surface area contributed by atoms with E-state index in [0.29, 0.717) is 11.1 Å². The minimum atomic E-state index is 0.0967. The van der Waals surface area contributed by atoms with Crippen LogP contribution < -0.4 is 0 Å². The normalized spacial score (nSPS) is 16.1. The molecule has 1 aromatic rings. The van der Waals surface area contributed by atoms with Gasteiger partial charge in [-0.25, -0.2) is 0 Å². The molecule has 0 aliphatic carbocycles. The van der Waals surface area contributed by atoms with Crippen molar-refractivity contribution in [3.8, 4) is 6.07 Å². The fourth-order valence-corrected chi connectivity index (χ4v) is 2.70. The van der Waals surface area contributed by atoms with Gasteiger partial charge in [0.05, 0.1) is 11.6 Å². The molecule has 0 N–H and O–H groups in total. The van der Waals surface area contributed by atoms with Gasteiger partial charge in [-0.2, -0.15) is 5.26 Å². The second-order valence-corrected chi connectivity index (χ2v) is 5.21. The topological polar surface area (TPSA) is 44.1 Å². The van der Waals surface area contributed by atoms with Crippen LogP contribution in [0.2, 0.25) is 0 Å². The summed E-state index contributed by atoms with van der Waals surface area (Å²) in [6, 6.07) is 8.98. The molecule has 1 aliphatic heterocycles. The van der Waals surface area contributed by atoms with Crippen LogP contribution in [0.5, 0.6) is 0 Å². The second kappa shape index (κ2) is 6.38. The summed E-state index contributed by atoms with van der Waals surface area (Å²) < 4.78 is 0. The predicted molar refractivity (Wildman–Crippen MR) is 74.7 cm³/mol. The number of hydrogen-bond acceptors (Lipinski definition) is 2. The molecule has 0 atom stereocenters. The molecule has 2 rings (SSSR count). The minimum Gasteiger partial charge on any atom is -0.339 e. The van der Waals surface area contributed by atoms with Gasteiger partial charge < -0.3 is 4.90 Å². The summed E-state index contributed by atoms with van der Waals surface area (Å²) in [4.78, 5) is 14.2. The van der Waals surface area contributed by atoms with Gasteiger partial charge >= 0.3 is 0 Å². The van der Waals surface area contributed by atoms with Gasteiger partial charge in [-0.15, -0.1) is 0 Å². The van der Waals surface area contributed by atoms with Crippen molar-refractivity contribution < 1.29 is 4.79 Å². The Hall–Kier alpha value is -1.82. The summed E-state index contributed by atoms with van der Waals surface area (Å²) in [6.45, 7) is 3.95. The van der Waals surface area contributed by atoms with E-state index < -0.39 is 0 Å². The molecule has 0 aromatic heterocycles. The van der Waals surface area contributed by atoms with Crippen molar-refractivity contribution in [2.75, 3.05) is 13.1 Å². The number of nitrogens with zero attached hydrogens (tertiary/aromatic N) is 2. The fourth-order valence-electron chi connectivity index (χ4n) is 2.70. The third-order valence-corrected chi connectivity index (χ3v) is 3.86. The first-order chi connectivity index (χ1) is 9.24. The van der Waals surface area contributed by atoms with Gasteiger partial charge in [0.2, 0.25) is 0 Å². The first kappa shape index (κ1) is 13.6. The van der Waals surface area contributed by atoms with E-state index >= 15 is 0 Å². The number of hydrogen-bond donors (Lipinski definition) is 0. The average molecular weight is 256 g/mol. The standard InChI is InChI=1S/C16H20N2O/c1-2-3-13-8-10-18(11-9-13)16(19)15-6-4-14(12-17)5-7-15/h4-7,13H,2-3,8-11H2,1H3. The van der Waals surface area contributed by atoms with Crippen molar-refractivity contribution in [2.24, 2.45) is 5.92 Å². The van der Waals surface area contributed by atoms with E-state index in [0.717, 1.165) is 31.8 Å². The van der Waals surface area contributed by atoms with Crippen LogP contribution in [0, 0.1) is 17.2 Å². The van der Waals surface area contributed by atoms with Gasteiger partial charge in [0.1, 0.15) is 0 Å². The number of carbonyl (C=O) groups excluding carboxylic acids is 1. The second-order valence-electron chi connectivity index (χ2n) is 5.21. The molecule has 1 aliphatic rings. The van der Waals surface area contributed by atoms with Crippen LogP contribution in [-0.2, 0) is 0 Å². The van der Waals surface area contributed by atoms with Crippen LogP contribution in [-0.4, -0.2) is 23.9 Å². The average Bonchev–Trinajstić information content (AvgIpc) is 2.48. The minimum absolute atomic E-state index is 0.0967. The predicted octanol–water partition coefficient (Wildman–Crippen LogP) is 3.21. The largest absolute Gasteiger partial charge is 0.339 e. The maximum atomic E-state index is 12.3. The highest BCUT2D eigenvalue weighted by Gasteiger charge is 2.22. The van der Waals surface area contributed by atoms with Crippen molar-refractivity contribution in [3.63, 3.8) is 0 Å². The molecule has 1 fully saturated rings. The Morgan fingerprint density at radius 3 is 2.47 bits per heavy atom. The summed E-state index contributed by atoms with van der Waals surface area (Å²) in [5, 5.41) is 8.75. The highest BCUT2D eigenvalue weighted by molar-refractivity contribution is 5.94. The molecule has 0 spiro atoms. The van der Waals surface area contributed by atoms with E-state index in [1.54, 1.807) is 24.3 Å². The van der Waals surface area contributed by atoms with Crippen LogP contribution in [0.25, 0.3) is 0 Å². The molecule has 0 unspecified atom stereocenters. The van der Waals surface area contributed by atoms with Crippen LogP contribution in [0.15, 0.2) is 24.3 Å². The molecular formula is C16H20N2O. The van der Waals surface area contributed by atoms with Crippen LogP contribution in [0.1, 0.15) is 48.5 Å². The van der Waals surface area contributed by atoms with Crippen LogP contribution in [0.4, 0.5) is 0 Å². The van der Waals surface area contributed by atoms with E-state index in [2.05, 4.69) is 13.0 Å². The quantitative estimate of drug-likeness (QED) is 0.833. The Bertz CT molecular complexity index is 465. The van der Waals surface area contributed by atoms with Crippen molar-refractivity contribution in [2.45, 2.75) is 32.6 Å². The van der Waals surface area contributed by atoms with E-state index in [1.807, 2.05) is 4.90 Å².